The molecule has 0 saturated carbocycles. The lowest BCUT2D eigenvalue weighted by Crippen LogP contribution is -2.46. The van der Waals surface area contributed by atoms with Gasteiger partial charge in [0.05, 0.1) is 11.0 Å². The van der Waals surface area contributed by atoms with Crippen molar-refractivity contribution < 1.29 is 4.79 Å². The van der Waals surface area contributed by atoms with Gasteiger partial charge < -0.3 is 15.2 Å². The van der Waals surface area contributed by atoms with Crippen molar-refractivity contribution in [1.29, 1.82) is 0 Å². The van der Waals surface area contributed by atoms with Crippen molar-refractivity contribution in [3.05, 3.63) is 51.6 Å². The number of carbonyl (C=O) groups excluding carboxylic acids is 1. The maximum atomic E-state index is 12.1. The fraction of sp³-hybridized carbons (Fsp3) is 0.429. The second-order valence-corrected chi connectivity index (χ2v) is 7.61. The number of fused-ring (bicyclic) bond motifs is 1. The average molecular weight is 409 g/mol. The molecule has 0 aromatic carbocycles. The first-order chi connectivity index (χ1) is 14.5. The third-order valence-electron chi connectivity index (χ3n) is 5.62. The van der Waals surface area contributed by atoms with Crippen LogP contribution in [0, 0.1) is 0 Å². The Labute approximate surface area is 174 Å². The molecule has 9 nitrogen and oxygen atoms in total. The second kappa shape index (κ2) is 8.27. The molecule has 1 aliphatic rings. The van der Waals surface area contributed by atoms with Gasteiger partial charge in [0.25, 0.3) is 11.5 Å². The SMILES string of the molecule is CCc1cc2ncc(CN3CCN(c4cc(C(=O)NC)nn4C)CC3)cc2[nH]c1=O. The zero-order chi connectivity index (χ0) is 21.3. The maximum Gasteiger partial charge on any atom is 0.271 e. The van der Waals surface area contributed by atoms with Crippen LogP contribution in [0.3, 0.4) is 0 Å². The third-order valence-corrected chi connectivity index (χ3v) is 5.62. The van der Waals surface area contributed by atoms with Gasteiger partial charge >= 0.3 is 0 Å². The van der Waals surface area contributed by atoms with Crippen LogP contribution < -0.4 is 15.8 Å². The van der Waals surface area contributed by atoms with Crippen LogP contribution in [-0.4, -0.2) is 63.8 Å². The van der Waals surface area contributed by atoms with Gasteiger partial charge in [0.2, 0.25) is 0 Å². The second-order valence-electron chi connectivity index (χ2n) is 7.61. The lowest BCUT2D eigenvalue weighted by molar-refractivity contribution is 0.0957. The van der Waals surface area contributed by atoms with E-state index in [4.69, 9.17) is 0 Å². The molecule has 0 radical (unpaired) electrons. The number of nitrogens with zero attached hydrogens (tertiary/aromatic N) is 5. The predicted octanol–water partition coefficient (Wildman–Crippen LogP) is 0.901. The Morgan fingerprint density at radius 1 is 1.20 bits per heavy atom. The summed E-state index contributed by atoms with van der Waals surface area (Å²) < 4.78 is 1.76. The largest absolute Gasteiger partial charge is 0.354 e. The van der Waals surface area contributed by atoms with Crippen LogP contribution in [0.15, 0.2) is 29.2 Å². The van der Waals surface area contributed by atoms with E-state index in [1.165, 1.54) is 0 Å². The van der Waals surface area contributed by atoms with Crippen LogP contribution >= 0.6 is 0 Å². The normalized spacial score (nSPS) is 15.0. The molecule has 2 N–H and O–H groups in total. The molecule has 0 bridgehead atoms. The van der Waals surface area contributed by atoms with Crippen LogP contribution in [0.1, 0.15) is 28.5 Å². The van der Waals surface area contributed by atoms with E-state index in [0.717, 1.165) is 60.7 Å². The van der Waals surface area contributed by atoms with Gasteiger partial charge in [0.1, 0.15) is 5.82 Å². The number of hydrogen-bond donors (Lipinski definition) is 2. The van der Waals surface area contributed by atoms with Gasteiger partial charge in [-0.2, -0.15) is 5.10 Å². The Morgan fingerprint density at radius 3 is 2.67 bits per heavy atom. The molecule has 30 heavy (non-hydrogen) atoms. The van der Waals surface area contributed by atoms with Crippen molar-refractivity contribution in [3.8, 4) is 0 Å². The number of aromatic nitrogens is 4. The zero-order valence-corrected chi connectivity index (χ0v) is 17.6. The van der Waals surface area contributed by atoms with Crippen LogP contribution in [0.25, 0.3) is 11.0 Å². The van der Waals surface area contributed by atoms with Crippen LogP contribution in [0.5, 0.6) is 0 Å². The average Bonchev–Trinajstić information content (AvgIpc) is 3.14. The number of aromatic amines is 1. The van der Waals surface area contributed by atoms with Gasteiger partial charge in [-0.05, 0) is 24.1 Å². The molecule has 4 heterocycles. The van der Waals surface area contributed by atoms with E-state index in [9.17, 15) is 9.59 Å². The first-order valence-corrected chi connectivity index (χ1v) is 10.2. The highest BCUT2D eigenvalue weighted by Gasteiger charge is 2.21. The van der Waals surface area contributed by atoms with Crippen LogP contribution in [0.4, 0.5) is 5.82 Å². The number of carbonyl (C=O) groups is 1. The molecular formula is C21H27N7O2. The van der Waals surface area contributed by atoms with Crippen molar-refractivity contribution in [2.45, 2.75) is 19.9 Å². The smallest absolute Gasteiger partial charge is 0.271 e. The minimum absolute atomic E-state index is 0.0372. The molecule has 0 atom stereocenters. The van der Waals surface area contributed by atoms with Gasteiger partial charge in [-0.3, -0.25) is 24.2 Å². The quantitative estimate of drug-likeness (QED) is 0.650. The maximum absolute atomic E-state index is 12.1. The van der Waals surface area contributed by atoms with E-state index in [-0.39, 0.29) is 11.5 Å². The highest BCUT2D eigenvalue weighted by atomic mass is 16.2. The van der Waals surface area contributed by atoms with E-state index in [1.807, 2.05) is 38.4 Å². The number of pyridine rings is 2. The molecule has 3 aromatic rings. The minimum Gasteiger partial charge on any atom is -0.354 e. The van der Waals surface area contributed by atoms with Gasteiger partial charge in [-0.15, -0.1) is 0 Å². The molecule has 1 aliphatic heterocycles. The fourth-order valence-corrected chi connectivity index (χ4v) is 3.90. The van der Waals surface area contributed by atoms with Gasteiger partial charge in [-0.25, -0.2) is 0 Å². The predicted molar refractivity (Wildman–Crippen MR) is 116 cm³/mol. The number of hydrogen-bond acceptors (Lipinski definition) is 6. The molecule has 0 aliphatic carbocycles. The fourth-order valence-electron chi connectivity index (χ4n) is 3.90. The summed E-state index contributed by atoms with van der Waals surface area (Å²) >= 11 is 0. The lowest BCUT2D eigenvalue weighted by Gasteiger charge is -2.35. The lowest BCUT2D eigenvalue weighted by atomic mass is 10.1. The number of H-pyrrole nitrogens is 1. The molecule has 0 spiro atoms. The first kappa shape index (κ1) is 20.1. The van der Waals surface area contributed by atoms with Gasteiger partial charge in [0.15, 0.2) is 5.69 Å². The van der Waals surface area contributed by atoms with E-state index in [1.54, 1.807) is 11.7 Å². The molecule has 1 saturated heterocycles. The van der Waals surface area contributed by atoms with E-state index in [0.29, 0.717) is 12.1 Å². The van der Waals surface area contributed by atoms with Crippen LogP contribution in [-0.2, 0) is 20.0 Å². The van der Waals surface area contributed by atoms with Crippen molar-refractivity contribution in [2.75, 3.05) is 38.1 Å². The Hall–Kier alpha value is -3.20. The first-order valence-electron chi connectivity index (χ1n) is 10.2. The zero-order valence-electron chi connectivity index (χ0n) is 17.6. The third kappa shape index (κ3) is 3.93. The molecule has 3 aromatic heterocycles. The Bertz CT molecular complexity index is 1130. The number of rotatable bonds is 5. The molecule has 1 amide bonds. The van der Waals surface area contributed by atoms with Crippen LogP contribution in [0.2, 0.25) is 0 Å². The topological polar surface area (TPSA) is 99.2 Å². The van der Waals surface area contributed by atoms with Crippen molar-refractivity contribution >= 4 is 22.8 Å². The number of anilines is 1. The molecule has 4 rings (SSSR count). The summed E-state index contributed by atoms with van der Waals surface area (Å²) in [6.45, 7) is 6.24. The molecule has 158 valence electrons. The molecule has 9 heteroatoms. The monoisotopic (exact) mass is 409 g/mol. The number of amides is 1. The highest BCUT2D eigenvalue weighted by Crippen LogP contribution is 2.19. The Kier molecular flexibility index (Phi) is 5.54. The van der Waals surface area contributed by atoms with Crippen molar-refractivity contribution in [1.82, 2.24) is 30.0 Å². The Morgan fingerprint density at radius 2 is 1.97 bits per heavy atom. The van der Waals surface area contributed by atoms with E-state index in [2.05, 4.69) is 30.2 Å². The number of piperazine rings is 1. The van der Waals surface area contributed by atoms with Gasteiger partial charge in [0, 0.05) is 64.6 Å². The number of aryl methyl sites for hydroxylation is 2. The molecule has 0 unspecified atom stereocenters. The summed E-state index contributed by atoms with van der Waals surface area (Å²) in [5, 5.41) is 6.92. The number of nitrogens with one attached hydrogen (secondary N) is 2. The Balaban J connectivity index is 1.42. The summed E-state index contributed by atoms with van der Waals surface area (Å²) in [6.07, 6.45) is 2.59. The molecule has 1 fully saturated rings. The summed E-state index contributed by atoms with van der Waals surface area (Å²) in [5.41, 5.74) is 3.84. The molecular weight excluding hydrogens is 382 g/mol. The summed E-state index contributed by atoms with van der Waals surface area (Å²) in [5.74, 6) is 0.772. The van der Waals surface area contributed by atoms with Crippen molar-refractivity contribution in [3.63, 3.8) is 0 Å². The highest BCUT2D eigenvalue weighted by molar-refractivity contribution is 5.92. The summed E-state index contributed by atoms with van der Waals surface area (Å²) in [7, 11) is 3.47. The van der Waals surface area contributed by atoms with Crippen molar-refractivity contribution in [2.24, 2.45) is 7.05 Å². The summed E-state index contributed by atoms with van der Waals surface area (Å²) in [6, 6.07) is 5.73. The van der Waals surface area contributed by atoms with E-state index >= 15 is 0 Å². The standard InChI is InChI=1S/C21H27N7O2/c1-4-15-10-16-17(24-20(15)29)9-14(12-23-16)13-27-5-7-28(8-6-27)19-11-18(21(30)22-2)25-26(19)3/h9-12H,4-8,13H2,1-3H3,(H,22,30)(H,24,29). The van der Waals surface area contributed by atoms with Gasteiger partial charge in [-0.1, -0.05) is 6.92 Å². The minimum atomic E-state index is -0.177. The van der Waals surface area contributed by atoms with E-state index < -0.39 is 0 Å². The summed E-state index contributed by atoms with van der Waals surface area (Å²) in [4.78, 5) is 36.0.